The Hall–Kier alpha value is -2.93. The fourth-order valence-corrected chi connectivity index (χ4v) is 3.94. The predicted molar refractivity (Wildman–Crippen MR) is 101 cm³/mol. The van der Waals surface area contributed by atoms with E-state index >= 15 is 0 Å². The van der Waals surface area contributed by atoms with E-state index in [1.165, 1.54) is 12.1 Å². The number of fused-ring (bicyclic) bond motifs is 1. The van der Waals surface area contributed by atoms with E-state index in [1.54, 1.807) is 24.3 Å². The number of rotatable bonds is 5. The maximum absolute atomic E-state index is 13.1. The van der Waals surface area contributed by atoms with Crippen LogP contribution in [0.3, 0.4) is 0 Å². The van der Waals surface area contributed by atoms with E-state index < -0.39 is 5.97 Å². The van der Waals surface area contributed by atoms with E-state index in [1.807, 2.05) is 21.9 Å². The minimum absolute atomic E-state index is 0.0415. The second-order valence-corrected chi connectivity index (χ2v) is 7.37. The second kappa shape index (κ2) is 7.59. The number of carbonyl (C=O) groups is 2. The Bertz CT molecular complexity index is 869. The number of carboxylic acids is 1. The highest BCUT2D eigenvalue weighted by Crippen LogP contribution is 2.23. The Morgan fingerprint density at radius 3 is 2.29 bits per heavy atom. The lowest BCUT2D eigenvalue weighted by molar-refractivity contribution is 0.0697. The fourth-order valence-electron chi connectivity index (χ4n) is 3.94. The molecule has 0 spiro atoms. The first-order valence-corrected chi connectivity index (χ1v) is 9.34. The summed E-state index contributed by atoms with van der Waals surface area (Å²) in [6.07, 6.45) is 0. The molecule has 1 atom stereocenters. The van der Waals surface area contributed by atoms with Crippen LogP contribution in [0.25, 0.3) is 0 Å². The summed E-state index contributed by atoms with van der Waals surface area (Å²) in [4.78, 5) is 29.7. The highest BCUT2D eigenvalue weighted by Gasteiger charge is 2.40. The van der Waals surface area contributed by atoms with Crippen LogP contribution in [0, 0.1) is 5.82 Å². The molecular weight excluding hydrogens is 361 g/mol. The van der Waals surface area contributed by atoms with Gasteiger partial charge in [0.25, 0.3) is 0 Å². The minimum atomic E-state index is -0.925. The highest BCUT2D eigenvalue weighted by molar-refractivity contribution is 5.87. The quantitative estimate of drug-likeness (QED) is 0.862. The molecule has 28 heavy (non-hydrogen) atoms. The molecule has 0 radical (unpaired) electrons. The first-order valence-electron chi connectivity index (χ1n) is 9.34. The number of carbonyl (C=O) groups excluding carboxylic acids is 1. The van der Waals surface area contributed by atoms with Gasteiger partial charge in [-0.15, -0.1) is 0 Å². The minimum Gasteiger partial charge on any atom is -0.478 e. The molecular formula is C21H22FN3O3. The molecule has 146 valence electrons. The molecule has 1 unspecified atom stereocenters. The van der Waals surface area contributed by atoms with Gasteiger partial charge in [0.15, 0.2) is 0 Å². The first kappa shape index (κ1) is 18.4. The van der Waals surface area contributed by atoms with E-state index in [4.69, 9.17) is 5.11 Å². The van der Waals surface area contributed by atoms with E-state index in [-0.39, 0.29) is 23.5 Å². The predicted octanol–water partition coefficient (Wildman–Crippen LogP) is 2.65. The number of hydrogen-bond donors (Lipinski definition) is 1. The van der Waals surface area contributed by atoms with Crippen LogP contribution < -0.4 is 0 Å². The van der Waals surface area contributed by atoms with Crippen molar-refractivity contribution in [2.45, 2.75) is 19.1 Å². The Kier molecular flexibility index (Phi) is 5.00. The number of carboxylic acid groups (broad SMARTS) is 1. The summed E-state index contributed by atoms with van der Waals surface area (Å²) >= 11 is 0. The molecule has 0 aromatic heterocycles. The summed E-state index contributed by atoms with van der Waals surface area (Å²) in [5, 5.41) is 9.00. The molecule has 6 nitrogen and oxygen atoms in total. The van der Waals surface area contributed by atoms with Gasteiger partial charge >= 0.3 is 12.0 Å². The summed E-state index contributed by atoms with van der Waals surface area (Å²) in [7, 11) is 0. The van der Waals surface area contributed by atoms with Crippen LogP contribution >= 0.6 is 0 Å². The van der Waals surface area contributed by atoms with Crippen LogP contribution in [0.5, 0.6) is 0 Å². The maximum Gasteiger partial charge on any atom is 0.335 e. The van der Waals surface area contributed by atoms with Crippen molar-refractivity contribution in [2.75, 3.05) is 26.2 Å². The van der Waals surface area contributed by atoms with E-state index in [0.29, 0.717) is 19.6 Å². The van der Waals surface area contributed by atoms with Gasteiger partial charge in [0.05, 0.1) is 11.6 Å². The number of amides is 2. The van der Waals surface area contributed by atoms with Gasteiger partial charge in [-0.25, -0.2) is 14.0 Å². The SMILES string of the molecule is O=C(O)c1ccc(CN2CCN3C(=O)N(Cc4ccc(F)cc4)CC3C2)cc1. The largest absolute Gasteiger partial charge is 0.478 e. The Labute approximate surface area is 162 Å². The third-order valence-corrected chi connectivity index (χ3v) is 5.41. The van der Waals surface area contributed by atoms with Crippen LogP contribution in [0.1, 0.15) is 21.5 Å². The van der Waals surface area contributed by atoms with Crippen LogP contribution in [-0.2, 0) is 13.1 Å². The van der Waals surface area contributed by atoms with E-state index in [2.05, 4.69) is 4.90 Å². The molecule has 2 aromatic rings. The number of piperazine rings is 1. The molecule has 2 saturated heterocycles. The zero-order valence-electron chi connectivity index (χ0n) is 15.4. The number of aromatic carboxylic acids is 1. The summed E-state index contributed by atoms with van der Waals surface area (Å²) in [6.45, 7) is 4.13. The van der Waals surface area contributed by atoms with Crippen molar-refractivity contribution in [1.29, 1.82) is 0 Å². The lowest BCUT2D eigenvalue weighted by atomic mass is 10.1. The average Bonchev–Trinajstić information content (AvgIpc) is 2.99. The number of hydrogen-bond acceptors (Lipinski definition) is 3. The number of urea groups is 1. The van der Waals surface area contributed by atoms with Crippen LogP contribution in [0.2, 0.25) is 0 Å². The van der Waals surface area contributed by atoms with Gasteiger partial charge in [0.2, 0.25) is 0 Å². The van der Waals surface area contributed by atoms with Gasteiger partial charge in [-0.05, 0) is 35.4 Å². The third-order valence-electron chi connectivity index (χ3n) is 5.41. The third kappa shape index (κ3) is 3.84. The van der Waals surface area contributed by atoms with Crippen LogP contribution in [0.4, 0.5) is 9.18 Å². The van der Waals surface area contributed by atoms with Gasteiger partial charge in [-0.2, -0.15) is 0 Å². The average molecular weight is 383 g/mol. The Balaban J connectivity index is 1.36. The summed E-state index contributed by atoms with van der Waals surface area (Å²) in [6, 6.07) is 13.4. The zero-order valence-corrected chi connectivity index (χ0v) is 15.4. The first-order chi connectivity index (χ1) is 13.5. The van der Waals surface area contributed by atoms with Gasteiger partial charge in [0, 0.05) is 39.3 Å². The highest BCUT2D eigenvalue weighted by atomic mass is 19.1. The van der Waals surface area contributed by atoms with Crippen molar-refractivity contribution in [3.63, 3.8) is 0 Å². The molecule has 2 amide bonds. The van der Waals surface area contributed by atoms with Crippen LogP contribution in [0.15, 0.2) is 48.5 Å². The standard InChI is InChI=1S/C21H22FN3O3/c22-18-7-3-16(4-8-18)12-24-14-19-13-23(9-10-25(19)21(24)28)11-15-1-5-17(6-2-15)20(26)27/h1-8,19H,9-14H2,(H,26,27). The Morgan fingerprint density at radius 2 is 1.61 bits per heavy atom. The van der Waals surface area contributed by atoms with Crippen molar-refractivity contribution in [1.82, 2.24) is 14.7 Å². The molecule has 0 bridgehead atoms. The Morgan fingerprint density at radius 1 is 0.964 bits per heavy atom. The maximum atomic E-state index is 13.1. The monoisotopic (exact) mass is 383 g/mol. The lowest BCUT2D eigenvalue weighted by Gasteiger charge is -2.36. The fraction of sp³-hybridized carbons (Fsp3) is 0.333. The molecule has 7 heteroatoms. The molecule has 2 aromatic carbocycles. The summed E-state index contributed by atoms with van der Waals surface area (Å²) < 4.78 is 13.1. The summed E-state index contributed by atoms with van der Waals surface area (Å²) in [5.74, 6) is -1.20. The molecule has 2 heterocycles. The van der Waals surface area contributed by atoms with Gasteiger partial charge in [-0.1, -0.05) is 24.3 Å². The molecule has 2 fully saturated rings. The van der Waals surface area contributed by atoms with Crippen molar-refractivity contribution in [2.24, 2.45) is 0 Å². The van der Waals surface area contributed by atoms with Crippen molar-refractivity contribution < 1.29 is 19.1 Å². The van der Waals surface area contributed by atoms with Crippen LogP contribution in [-0.4, -0.2) is 64.0 Å². The van der Waals surface area contributed by atoms with Crippen molar-refractivity contribution >= 4 is 12.0 Å². The number of benzene rings is 2. The second-order valence-electron chi connectivity index (χ2n) is 7.37. The van der Waals surface area contributed by atoms with Gasteiger partial charge < -0.3 is 14.9 Å². The zero-order chi connectivity index (χ0) is 19.7. The molecule has 1 N–H and O–H groups in total. The topological polar surface area (TPSA) is 64.1 Å². The van der Waals surface area contributed by atoms with Gasteiger partial charge in [-0.3, -0.25) is 4.90 Å². The molecule has 2 aliphatic rings. The normalized spacial score (nSPS) is 19.8. The molecule has 2 aliphatic heterocycles. The van der Waals surface area contributed by atoms with Gasteiger partial charge in [0.1, 0.15) is 5.82 Å². The summed E-state index contributed by atoms with van der Waals surface area (Å²) in [5.41, 5.74) is 2.27. The number of nitrogens with zero attached hydrogens (tertiary/aromatic N) is 3. The van der Waals surface area contributed by atoms with E-state index in [9.17, 15) is 14.0 Å². The van der Waals surface area contributed by atoms with E-state index in [0.717, 1.165) is 30.8 Å². The molecule has 4 rings (SSSR count). The van der Waals surface area contributed by atoms with Crippen molar-refractivity contribution in [3.8, 4) is 0 Å². The lowest BCUT2D eigenvalue weighted by Crippen LogP contribution is -2.51. The smallest absolute Gasteiger partial charge is 0.335 e. The number of halogens is 1. The molecule has 0 aliphatic carbocycles. The van der Waals surface area contributed by atoms with Crippen molar-refractivity contribution in [3.05, 3.63) is 71.0 Å². The molecule has 0 saturated carbocycles.